The first-order valence-electron chi connectivity index (χ1n) is 9.58. The van der Waals surface area contributed by atoms with Gasteiger partial charge in [-0.1, -0.05) is 35.9 Å². The minimum absolute atomic E-state index is 0.104. The second kappa shape index (κ2) is 8.75. The third kappa shape index (κ3) is 4.83. The summed E-state index contributed by atoms with van der Waals surface area (Å²) in [5.74, 6) is 1.87. The number of rotatable bonds is 7. The minimum Gasteiger partial charge on any atom is -0.497 e. The van der Waals surface area contributed by atoms with E-state index in [9.17, 15) is 8.42 Å². The molecule has 0 amide bonds. The molecule has 3 aromatic rings. The van der Waals surface area contributed by atoms with E-state index >= 15 is 0 Å². The fraction of sp³-hybridized carbons (Fsp3) is 0.333. The van der Waals surface area contributed by atoms with Gasteiger partial charge in [0.2, 0.25) is 11.8 Å². The highest BCUT2D eigenvalue weighted by Gasteiger charge is 2.33. The van der Waals surface area contributed by atoms with Crippen LogP contribution in [-0.2, 0) is 22.9 Å². The monoisotopic (exact) mass is 447 g/mol. The summed E-state index contributed by atoms with van der Waals surface area (Å²) >= 11 is 6.23. The second-order valence-electron chi connectivity index (χ2n) is 7.29. The molecule has 4 rings (SSSR count). The van der Waals surface area contributed by atoms with E-state index in [0.29, 0.717) is 41.9 Å². The number of benzene rings is 2. The molecule has 9 heteroatoms. The zero-order valence-electron chi connectivity index (χ0n) is 16.5. The van der Waals surface area contributed by atoms with Crippen LogP contribution in [0, 0.1) is 0 Å². The Kier molecular flexibility index (Phi) is 6.08. The first-order chi connectivity index (χ1) is 14.4. The fourth-order valence-corrected chi connectivity index (χ4v) is 5.56. The van der Waals surface area contributed by atoms with Crippen LogP contribution in [0.3, 0.4) is 0 Å². The summed E-state index contributed by atoms with van der Waals surface area (Å²) in [6, 6.07) is 14.9. The van der Waals surface area contributed by atoms with Crippen LogP contribution in [0.15, 0.2) is 52.9 Å². The van der Waals surface area contributed by atoms with E-state index in [0.717, 1.165) is 11.3 Å². The Balaban J connectivity index is 1.56. The Labute approximate surface area is 180 Å². The quantitative estimate of drug-likeness (QED) is 0.547. The predicted molar refractivity (Wildman–Crippen MR) is 114 cm³/mol. The molecule has 1 atom stereocenters. The lowest BCUT2D eigenvalue weighted by molar-refractivity contribution is 0.176. The minimum atomic E-state index is -3.02. The Morgan fingerprint density at radius 2 is 1.90 bits per heavy atom. The van der Waals surface area contributed by atoms with Crippen LogP contribution in [0.5, 0.6) is 5.75 Å². The molecule has 1 aliphatic heterocycles. The molecule has 0 bridgehead atoms. The van der Waals surface area contributed by atoms with Gasteiger partial charge in [-0.2, -0.15) is 0 Å². The van der Waals surface area contributed by atoms with Gasteiger partial charge in [0.25, 0.3) is 0 Å². The Morgan fingerprint density at radius 1 is 1.13 bits per heavy atom. The molecule has 2 heterocycles. The van der Waals surface area contributed by atoms with Gasteiger partial charge in [-0.15, -0.1) is 10.2 Å². The molecule has 1 unspecified atom stereocenters. The lowest BCUT2D eigenvalue weighted by Gasteiger charge is -2.26. The standard InChI is InChI=1S/C21H22ClN3O4S/c1-28-17-8-6-15(7-9-17)12-25(16-10-11-30(26,27)14-16)13-20-23-24-21(29-20)18-4-2-3-5-19(18)22/h2-9,16H,10-14H2,1H3. The van der Waals surface area contributed by atoms with Crippen LogP contribution in [0.4, 0.5) is 0 Å². The molecule has 0 spiro atoms. The van der Waals surface area contributed by atoms with Gasteiger partial charge >= 0.3 is 0 Å². The van der Waals surface area contributed by atoms with Gasteiger partial charge in [0.05, 0.1) is 35.7 Å². The van der Waals surface area contributed by atoms with E-state index in [4.69, 9.17) is 20.8 Å². The van der Waals surface area contributed by atoms with Crippen molar-refractivity contribution in [1.29, 1.82) is 0 Å². The highest BCUT2D eigenvalue weighted by atomic mass is 35.5. The molecule has 30 heavy (non-hydrogen) atoms. The van der Waals surface area contributed by atoms with Gasteiger partial charge in [-0.05, 0) is 36.2 Å². The molecule has 2 aromatic carbocycles. The molecule has 1 aromatic heterocycles. The van der Waals surface area contributed by atoms with Gasteiger partial charge in [0, 0.05) is 12.6 Å². The summed E-state index contributed by atoms with van der Waals surface area (Å²) in [4.78, 5) is 2.08. The van der Waals surface area contributed by atoms with Crippen molar-refractivity contribution in [2.75, 3.05) is 18.6 Å². The number of nitrogens with zero attached hydrogens (tertiary/aromatic N) is 3. The van der Waals surface area contributed by atoms with E-state index < -0.39 is 9.84 Å². The largest absolute Gasteiger partial charge is 0.497 e. The van der Waals surface area contributed by atoms with Crippen LogP contribution < -0.4 is 4.74 Å². The highest BCUT2D eigenvalue weighted by Crippen LogP contribution is 2.28. The number of methoxy groups -OCH3 is 1. The summed E-state index contributed by atoms with van der Waals surface area (Å²) in [6.07, 6.45) is 0.587. The zero-order chi connectivity index (χ0) is 21.1. The number of hydrogen-bond acceptors (Lipinski definition) is 7. The Bertz CT molecular complexity index is 1120. The van der Waals surface area contributed by atoms with Gasteiger partial charge in [-0.25, -0.2) is 8.42 Å². The first-order valence-corrected chi connectivity index (χ1v) is 11.8. The number of sulfone groups is 1. The molecule has 0 saturated carbocycles. The van der Waals surface area contributed by atoms with Crippen molar-refractivity contribution in [1.82, 2.24) is 15.1 Å². The number of ether oxygens (including phenoxy) is 1. The maximum atomic E-state index is 12.1. The average Bonchev–Trinajstić information content (AvgIpc) is 3.34. The Morgan fingerprint density at radius 3 is 2.57 bits per heavy atom. The normalized spacial score (nSPS) is 18.0. The van der Waals surface area contributed by atoms with Crippen molar-refractivity contribution in [2.45, 2.75) is 25.6 Å². The van der Waals surface area contributed by atoms with Crippen LogP contribution >= 0.6 is 11.6 Å². The van der Waals surface area contributed by atoms with Crippen molar-refractivity contribution >= 4 is 21.4 Å². The fourth-order valence-electron chi connectivity index (χ4n) is 3.58. The second-order valence-corrected chi connectivity index (χ2v) is 9.93. The maximum Gasteiger partial charge on any atom is 0.249 e. The molecule has 0 radical (unpaired) electrons. The molecule has 1 fully saturated rings. The van der Waals surface area contributed by atoms with Crippen molar-refractivity contribution < 1.29 is 17.6 Å². The van der Waals surface area contributed by atoms with Crippen molar-refractivity contribution in [2.24, 2.45) is 0 Å². The van der Waals surface area contributed by atoms with Crippen molar-refractivity contribution in [3.63, 3.8) is 0 Å². The predicted octanol–water partition coefficient (Wildman–Crippen LogP) is 3.59. The molecule has 1 aliphatic rings. The van der Waals surface area contributed by atoms with Gasteiger partial charge in [0.15, 0.2) is 9.84 Å². The summed E-state index contributed by atoms with van der Waals surface area (Å²) in [5, 5.41) is 8.82. The number of aromatic nitrogens is 2. The van der Waals surface area contributed by atoms with Crippen LogP contribution in [0.25, 0.3) is 11.5 Å². The van der Waals surface area contributed by atoms with E-state index in [1.54, 1.807) is 13.2 Å². The van der Waals surface area contributed by atoms with Crippen LogP contribution in [0.1, 0.15) is 17.9 Å². The number of hydrogen-bond donors (Lipinski definition) is 0. The molecule has 0 aliphatic carbocycles. The molecule has 0 N–H and O–H groups in total. The molecule has 158 valence electrons. The van der Waals surface area contributed by atoms with Crippen molar-refractivity contribution in [3.8, 4) is 17.2 Å². The third-order valence-corrected chi connectivity index (χ3v) is 7.26. The van der Waals surface area contributed by atoms with E-state index in [1.807, 2.05) is 42.5 Å². The molecule has 7 nitrogen and oxygen atoms in total. The smallest absolute Gasteiger partial charge is 0.249 e. The zero-order valence-corrected chi connectivity index (χ0v) is 18.1. The lowest BCUT2D eigenvalue weighted by atomic mass is 10.1. The maximum absolute atomic E-state index is 12.1. The Hall–Kier alpha value is -2.42. The van der Waals surface area contributed by atoms with Gasteiger partial charge < -0.3 is 9.15 Å². The summed E-state index contributed by atoms with van der Waals surface area (Å²) in [5.41, 5.74) is 1.72. The molecular weight excluding hydrogens is 426 g/mol. The van der Waals surface area contributed by atoms with Crippen molar-refractivity contribution in [3.05, 3.63) is 65.0 Å². The van der Waals surface area contributed by atoms with Crippen LogP contribution in [-0.4, -0.2) is 48.2 Å². The van der Waals surface area contributed by atoms with E-state index in [-0.39, 0.29) is 17.5 Å². The first kappa shape index (κ1) is 20.8. The van der Waals surface area contributed by atoms with E-state index in [2.05, 4.69) is 15.1 Å². The van der Waals surface area contributed by atoms with Gasteiger partial charge in [0.1, 0.15) is 5.75 Å². The molecular formula is C21H22ClN3O4S. The van der Waals surface area contributed by atoms with E-state index in [1.165, 1.54) is 0 Å². The highest BCUT2D eigenvalue weighted by molar-refractivity contribution is 7.91. The summed E-state index contributed by atoms with van der Waals surface area (Å²) in [6.45, 7) is 0.914. The number of halogens is 1. The molecule has 1 saturated heterocycles. The SMILES string of the molecule is COc1ccc(CN(Cc2nnc(-c3ccccc3Cl)o2)C2CCS(=O)(=O)C2)cc1. The topological polar surface area (TPSA) is 85.5 Å². The average molecular weight is 448 g/mol. The lowest BCUT2D eigenvalue weighted by Crippen LogP contribution is -2.35. The summed E-state index contributed by atoms with van der Waals surface area (Å²) < 4.78 is 35.2. The van der Waals surface area contributed by atoms with Crippen LogP contribution in [0.2, 0.25) is 5.02 Å². The summed E-state index contributed by atoms with van der Waals surface area (Å²) in [7, 11) is -1.40. The van der Waals surface area contributed by atoms with Gasteiger partial charge in [-0.3, -0.25) is 4.90 Å². The third-order valence-electron chi connectivity index (χ3n) is 5.18.